The van der Waals surface area contributed by atoms with Crippen LogP contribution in [0.25, 0.3) is 16.9 Å². The van der Waals surface area contributed by atoms with E-state index in [1.807, 2.05) is 0 Å². The summed E-state index contributed by atoms with van der Waals surface area (Å²) in [7, 11) is 0. The van der Waals surface area contributed by atoms with E-state index in [0.717, 1.165) is 17.0 Å². The Hall–Kier alpha value is -3.40. The van der Waals surface area contributed by atoms with Crippen molar-refractivity contribution in [2.24, 2.45) is 5.73 Å². The molecule has 0 radical (unpaired) electrons. The highest BCUT2D eigenvalue weighted by Gasteiger charge is 2.20. The lowest BCUT2D eigenvalue weighted by Gasteiger charge is -2.14. The van der Waals surface area contributed by atoms with Crippen molar-refractivity contribution in [3.8, 4) is 5.82 Å². The Morgan fingerprint density at radius 2 is 2.14 bits per heavy atom. The van der Waals surface area contributed by atoms with Gasteiger partial charge in [-0.05, 0) is 26.0 Å². The number of carbonyl (C=O) groups is 1. The van der Waals surface area contributed by atoms with Crippen LogP contribution in [0.4, 0.5) is 14.6 Å². The van der Waals surface area contributed by atoms with Crippen molar-refractivity contribution in [1.82, 2.24) is 14.5 Å². The Bertz CT molecular complexity index is 1130. The maximum absolute atomic E-state index is 14.4. The smallest absolute Gasteiger partial charge is 0.343 e. The first-order chi connectivity index (χ1) is 13.8. The Morgan fingerprint density at radius 3 is 2.79 bits per heavy atom. The Kier molecular flexibility index (Phi) is 5.83. The number of fused-ring (bicyclic) bond motifs is 1. The molecule has 3 aromatic heterocycles. The number of esters is 1. The molecular weight excluding hydrogens is 384 g/mol. The second kappa shape index (κ2) is 8.31. The maximum Gasteiger partial charge on any atom is 0.343 e. The molecule has 0 aliphatic carbocycles. The van der Waals surface area contributed by atoms with Gasteiger partial charge in [0.2, 0.25) is 5.43 Å². The second-order valence-corrected chi connectivity index (χ2v) is 6.35. The average Bonchev–Trinajstić information content (AvgIpc) is 2.67. The van der Waals surface area contributed by atoms with Gasteiger partial charge >= 0.3 is 5.97 Å². The van der Waals surface area contributed by atoms with Gasteiger partial charge in [0.25, 0.3) is 0 Å². The zero-order chi connectivity index (χ0) is 21.1. The van der Waals surface area contributed by atoms with Gasteiger partial charge < -0.3 is 15.8 Å². The van der Waals surface area contributed by atoms with Gasteiger partial charge in [0, 0.05) is 24.8 Å². The molecule has 3 aromatic rings. The molecule has 8 nitrogen and oxygen atoms in total. The van der Waals surface area contributed by atoms with Gasteiger partial charge in [0.05, 0.1) is 18.2 Å². The molecule has 29 heavy (non-hydrogen) atoms. The zero-order valence-electron chi connectivity index (χ0n) is 15.8. The number of halogens is 2. The number of anilines is 1. The van der Waals surface area contributed by atoms with Crippen LogP contribution in [0.5, 0.6) is 0 Å². The van der Waals surface area contributed by atoms with E-state index in [1.165, 1.54) is 6.07 Å². The first-order valence-electron chi connectivity index (χ1n) is 8.86. The van der Waals surface area contributed by atoms with E-state index in [4.69, 9.17) is 10.5 Å². The normalized spacial score (nSPS) is 12.0. The monoisotopic (exact) mass is 403 g/mol. The van der Waals surface area contributed by atoms with Gasteiger partial charge in [-0.15, -0.1) is 0 Å². The van der Waals surface area contributed by atoms with E-state index in [9.17, 15) is 18.4 Å². The third-order valence-corrected chi connectivity index (χ3v) is 3.97. The minimum Gasteiger partial charge on any atom is -0.462 e. The van der Waals surface area contributed by atoms with Crippen molar-refractivity contribution in [2.45, 2.75) is 19.9 Å². The van der Waals surface area contributed by atoms with Crippen molar-refractivity contribution in [1.29, 1.82) is 0 Å². The largest absolute Gasteiger partial charge is 0.462 e. The average molecular weight is 403 g/mol. The van der Waals surface area contributed by atoms with Crippen molar-refractivity contribution in [3.05, 3.63) is 58.0 Å². The van der Waals surface area contributed by atoms with Gasteiger partial charge in [0.1, 0.15) is 17.2 Å². The maximum atomic E-state index is 14.4. The highest BCUT2D eigenvalue weighted by molar-refractivity contribution is 5.93. The summed E-state index contributed by atoms with van der Waals surface area (Å²) in [5.74, 6) is -2.65. The van der Waals surface area contributed by atoms with E-state index in [0.29, 0.717) is 18.4 Å². The van der Waals surface area contributed by atoms with E-state index in [1.54, 1.807) is 19.9 Å². The van der Waals surface area contributed by atoms with Crippen molar-refractivity contribution in [3.63, 3.8) is 0 Å². The number of ether oxygens (including phenoxy) is 1. The van der Waals surface area contributed by atoms with Gasteiger partial charge in [0.15, 0.2) is 17.3 Å². The molecule has 0 unspecified atom stereocenters. The number of hydrogen-bond donors (Lipinski definition) is 2. The fourth-order valence-electron chi connectivity index (χ4n) is 2.67. The molecule has 0 aliphatic heterocycles. The molecule has 152 valence electrons. The molecule has 3 rings (SSSR count). The molecule has 0 spiro atoms. The minimum absolute atomic E-state index is 0.0377. The molecule has 0 fully saturated rings. The summed E-state index contributed by atoms with van der Waals surface area (Å²) in [5, 5.41) is 3.05. The molecule has 1 atom stereocenters. The molecule has 3 N–H and O–H groups in total. The van der Waals surface area contributed by atoms with Crippen LogP contribution in [0.3, 0.4) is 0 Å². The number of nitrogens with two attached hydrogens (primary N) is 1. The number of rotatable bonds is 6. The van der Waals surface area contributed by atoms with Crippen LogP contribution in [0.2, 0.25) is 0 Å². The predicted octanol–water partition coefficient (Wildman–Crippen LogP) is 1.99. The van der Waals surface area contributed by atoms with Gasteiger partial charge in [-0.1, -0.05) is 0 Å². The van der Waals surface area contributed by atoms with Crippen LogP contribution < -0.4 is 16.5 Å². The fourth-order valence-corrected chi connectivity index (χ4v) is 2.67. The van der Waals surface area contributed by atoms with Gasteiger partial charge in [-0.2, -0.15) is 0 Å². The Balaban J connectivity index is 2.28. The summed E-state index contributed by atoms with van der Waals surface area (Å²) in [5.41, 5.74) is 4.82. The van der Waals surface area contributed by atoms with Crippen molar-refractivity contribution in [2.75, 3.05) is 18.5 Å². The van der Waals surface area contributed by atoms with Crippen molar-refractivity contribution < 1.29 is 18.3 Å². The van der Waals surface area contributed by atoms with Crippen LogP contribution >= 0.6 is 0 Å². The first-order valence-corrected chi connectivity index (χ1v) is 8.86. The molecule has 0 saturated heterocycles. The molecule has 0 saturated carbocycles. The summed E-state index contributed by atoms with van der Waals surface area (Å²) >= 11 is 0. The second-order valence-electron chi connectivity index (χ2n) is 6.35. The van der Waals surface area contributed by atoms with E-state index in [-0.39, 0.29) is 35.1 Å². The van der Waals surface area contributed by atoms with Crippen LogP contribution in [0, 0.1) is 11.6 Å². The third kappa shape index (κ3) is 4.21. The molecule has 0 bridgehead atoms. The molecule has 3 heterocycles. The number of pyridine rings is 3. The summed E-state index contributed by atoms with van der Waals surface area (Å²) in [6, 6.07) is 3.49. The lowest BCUT2D eigenvalue weighted by atomic mass is 10.2. The SMILES string of the molecule is CCOC(=O)c1cn(-c2ncc(F)cc2F)c2nc(NC[C@@H](C)N)ccc2c1=O. The fraction of sp³-hybridized carbons (Fsp3) is 0.263. The number of hydrogen-bond acceptors (Lipinski definition) is 7. The minimum atomic E-state index is -0.986. The highest BCUT2D eigenvalue weighted by atomic mass is 19.1. The quantitative estimate of drug-likeness (QED) is 0.606. The summed E-state index contributed by atoms with van der Waals surface area (Å²) < 4.78 is 33.8. The van der Waals surface area contributed by atoms with E-state index >= 15 is 0 Å². The molecular formula is C19H19F2N5O3. The Labute approximate surface area is 164 Å². The number of nitrogens with one attached hydrogen (secondary N) is 1. The number of carbonyl (C=O) groups excluding carboxylic acids is 1. The topological polar surface area (TPSA) is 112 Å². The number of nitrogens with zero attached hydrogens (tertiary/aromatic N) is 3. The Morgan fingerprint density at radius 1 is 1.38 bits per heavy atom. The van der Waals surface area contributed by atoms with Crippen LogP contribution in [-0.4, -0.2) is 39.7 Å². The van der Waals surface area contributed by atoms with Crippen molar-refractivity contribution >= 4 is 22.8 Å². The van der Waals surface area contributed by atoms with E-state index in [2.05, 4.69) is 15.3 Å². The van der Waals surface area contributed by atoms with E-state index < -0.39 is 23.0 Å². The van der Waals surface area contributed by atoms with Crippen LogP contribution in [-0.2, 0) is 4.74 Å². The molecule has 0 aliphatic rings. The van der Waals surface area contributed by atoms with Crippen LogP contribution in [0.15, 0.2) is 35.4 Å². The molecule has 0 aromatic carbocycles. The highest BCUT2D eigenvalue weighted by Crippen LogP contribution is 2.20. The van der Waals surface area contributed by atoms with Crippen LogP contribution in [0.1, 0.15) is 24.2 Å². The standard InChI is InChI=1S/C19H19F2N5O3/c1-3-29-19(28)13-9-26(18-14(21)6-11(20)8-24-18)17-12(16(13)27)4-5-15(25-17)23-7-10(2)22/h4-6,8-10H,3,7,22H2,1-2H3,(H,23,25)/t10-/m1/s1. The number of aromatic nitrogens is 3. The summed E-state index contributed by atoms with van der Waals surface area (Å²) in [6.45, 7) is 3.86. The predicted molar refractivity (Wildman–Crippen MR) is 103 cm³/mol. The third-order valence-electron chi connectivity index (χ3n) is 3.97. The van der Waals surface area contributed by atoms with Gasteiger partial charge in [-0.25, -0.2) is 23.5 Å². The summed E-state index contributed by atoms with van der Waals surface area (Å²) in [4.78, 5) is 33.1. The molecule has 10 heteroatoms. The summed E-state index contributed by atoms with van der Waals surface area (Å²) in [6.07, 6.45) is 1.92. The molecule has 0 amide bonds. The lowest BCUT2D eigenvalue weighted by Crippen LogP contribution is -2.26. The van der Waals surface area contributed by atoms with Gasteiger partial charge in [-0.3, -0.25) is 9.36 Å². The lowest BCUT2D eigenvalue weighted by molar-refractivity contribution is 0.0524. The zero-order valence-corrected chi connectivity index (χ0v) is 15.8. The first kappa shape index (κ1) is 20.3.